The topological polar surface area (TPSA) is 154 Å². The highest BCUT2D eigenvalue weighted by Crippen LogP contribution is 2.09. The summed E-state index contributed by atoms with van der Waals surface area (Å²) in [4.78, 5) is 78.8. The molecule has 1 aliphatic rings. The number of hydrogen-bond donors (Lipinski definition) is 4. The predicted octanol–water partition coefficient (Wildman–Crippen LogP) is 1.37. The van der Waals surface area contributed by atoms with Crippen LogP contribution < -0.4 is 21.3 Å². The lowest BCUT2D eigenvalue weighted by Gasteiger charge is -2.27. The smallest absolute Gasteiger partial charge is 0.290 e. The Balaban J connectivity index is 1.60. The maximum Gasteiger partial charge on any atom is 0.290 e. The average molecular weight is 592 g/mol. The van der Waals surface area contributed by atoms with Crippen LogP contribution in [-0.4, -0.2) is 78.0 Å². The van der Waals surface area contributed by atoms with Crippen LogP contribution in [0.2, 0.25) is 0 Å². The van der Waals surface area contributed by atoms with Gasteiger partial charge in [-0.15, -0.1) is 0 Å². The van der Waals surface area contributed by atoms with Crippen LogP contribution in [0.5, 0.6) is 0 Å². The molecule has 0 spiro atoms. The summed E-state index contributed by atoms with van der Waals surface area (Å²) in [6, 6.07) is 14.4. The Labute approximate surface area is 252 Å². The summed E-state index contributed by atoms with van der Waals surface area (Å²) in [5.74, 6) is -4.25. The van der Waals surface area contributed by atoms with Gasteiger partial charge in [-0.1, -0.05) is 62.4 Å². The molecule has 3 atom stereocenters. The molecule has 1 saturated heterocycles. The number of amides is 5. The number of benzene rings is 2. The molecule has 0 aliphatic carbocycles. The Bertz CT molecular complexity index is 1280. The zero-order valence-electron chi connectivity index (χ0n) is 24.9. The Morgan fingerprint density at radius 3 is 1.95 bits per heavy atom. The van der Waals surface area contributed by atoms with E-state index >= 15 is 0 Å². The number of nitrogens with zero attached hydrogens (tertiary/aromatic N) is 1. The van der Waals surface area contributed by atoms with Crippen LogP contribution in [0.25, 0.3) is 0 Å². The third kappa shape index (κ3) is 10.1. The molecular weight excluding hydrogens is 550 g/mol. The summed E-state index contributed by atoms with van der Waals surface area (Å²) in [5, 5.41) is 10.3. The van der Waals surface area contributed by atoms with Gasteiger partial charge < -0.3 is 26.2 Å². The number of ketones is 1. The van der Waals surface area contributed by atoms with Crippen LogP contribution >= 0.6 is 0 Å². The second-order valence-electron chi connectivity index (χ2n) is 11.0. The molecule has 3 rings (SSSR count). The molecule has 11 nitrogen and oxygen atoms in total. The van der Waals surface area contributed by atoms with Gasteiger partial charge in [0.1, 0.15) is 12.1 Å². The van der Waals surface area contributed by atoms with Crippen molar-refractivity contribution in [2.45, 2.75) is 64.6 Å². The highest BCUT2D eigenvalue weighted by atomic mass is 16.2. The molecule has 230 valence electrons. The van der Waals surface area contributed by atoms with Crippen molar-refractivity contribution in [3.05, 3.63) is 71.8 Å². The molecule has 4 N–H and O–H groups in total. The van der Waals surface area contributed by atoms with Crippen molar-refractivity contribution in [2.75, 3.05) is 19.6 Å². The summed E-state index contributed by atoms with van der Waals surface area (Å²) >= 11 is 0. The van der Waals surface area contributed by atoms with Gasteiger partial charge in [0.25, 0.3) is 11.8 Å². The molecule has 2 aromatic carbocycles. The van der Waals surface area contributed by atoms with Gasteiger partial charge in [0.15, 0.2) is 0 Å². The van der Waals surface area contributed by atoms with Crippen LogP contribution in [0.3, 0.4) is 0 Å². The second kappa shape index (κ2) is 16.2. The van der Waals surface area contributed by atoms with Gasteiger partial charge in [-0.25, -0.2) is 0 Å². The van der Waals surface area contributed by atoms with Crippen molar-refractivity contribution in [2.24, 2.45) is 5.92 Å². The van der Waals surface area contributed by atoms with E-state index in [1.165, 1.54) is 6.92 Å². The van der Waals surface area contributed by atoms with E-state index < -0.39 is 53.5 Å². The fraction of sp³-hybridized carbons (Fsp3) is 0.438. The lowest BCUT2D eigenvalue weighted by atomic mass is 9.98. The molecule has 0 aromatic heterocycles. The van der Waals surface area contributed by atoms with Crippen molar-refractivity contribution in [1.82, 2.24) is 26.2 Å². The van der Waals surface area contributed by atoms with Gasteiger partial charge in [-0.05, 0) is 49.8 Å². The molecule has 0 radical (unpaired) electrons. The molecule has 0 bridgehead atoms. The van der Waals surface area contributed by atoms with E-state index in [4.69, 9.17) is 0 Å². The number of hydrogen-bond acceptors (Lipinski definition) is 6. The first-order valence-corrected chi connectivity index (χ1v) is 14.7. The third-order valence-electron chi connectivity index (χ3n) is 7.27. The van der Waals surface area contributed by atoms with E-state index in [0.29, 0.717) is 18.7 Å². The molecule has 0 saturated carbocycles. The summed E-state index contributed by atoms with van der Waals surface area (Å²) in [6.07, 6.45) is 3.05. The molecule has 1 unspecified atom stereocenters. The van der Waals surface area contributed by atoms with Gasteiger partial charge in [0.05, 0.1) is 12.6 Å². The maximum atomic E-state index is 13.3. The van der Waals surface area contributed by atoms with Crippen molar-refractivity contribution in [1.29, 1.82) is 0 Å². The SMILES string of the molecule is CC(NC(=O)[C@H](Cc1ccccc1)NC(=O)c1ccccc1)C(=O)N[C@H](C(=O)C(=O)NCC(=O)N1CCCCC1)C(C)C. The maximum absolute atomic E-state index is 13.3. The van der Waals surface area contributed by atoms with E-state index in [0.717, 1.165) is 24.8 Å². The fourth-order valence-corrected chi connectivity index (χ4v) is 4.72. The molecular formula is C32H41N5O6. The minimum Gasteiger partial charge on any atom is -0.344 e. The van der Waals surface area contributed by atoms with Gasteiger partial charge in [0.2, 0.25) is 23.5 Å². The first-order valence-electron chi connectivity index (χ1n) is 14.7. The molecule has 1 heterocycles. The molecule has 2 aromatic rings. The molecule has 11 heteroatoms. The van der Waals surface area contributed by atoms with E-state index in [1.807, 2.05) is 30.3 Å². The van der Waals surface area contributed by atoms with Crippen molar-refractivity contribution in [3.8, 4) is 0 Å². The van der Waals surface area contributed by atoms with E-state index in [-0.39, 0.29) is 18.9 Å². The van der Waals surface area contributed by atoms with Crippen molar-refractivity contribution >= 4 is 35.3 Å². The number of carbonyl (C=O) groups is 6. The van der Waals surface area contributed by atoms with Gasteiger partial charge in [-0.2, -0.15) is 0 Å². The first-order chi connectivity index (χ1) is 20.6. The predicted molar refractivity (Wildman–Crippen MR) is 161 cm³/mol. The van der Waals surface area contributed by atoms with Gasteiger partial charge >= 0.3 is 0 Å². The molecule has 43 heavy (non-hydrogen) atoms. The van der Waals surface area contributed by atoms with Crippen molar-refractivity contribution in [3.63, 3.8) is 0 Å². The molecule has 1 aliphatic heterocycles. The number of Topliss-reactive ketones (excluding diaryl/α,β-unsaturated/α-hetero) is 1. The second-order valence-corrected chi connectivity index (χ2v) is 11.0. The number of piperidine rings is 1. The largest absolute Gasteiger partial charge is 0.344 e. The summed E-state index contributed by atoms with van der Waals surface area (Å²) in [6.45, 7) is 5.75. The van der Waals surface area contributed by atoms with Gasteiger partial charge in [-0.3, -0.25) is 28.8 Å². The Kier molecular flexibility index (Phi) is 12.4. The Morgan fingerprint density at radius 1 is 0.744 bits per heavy atom. The van der Waals surface area contributed by atoms with E-state index in [9.17, 15) is 28.8 Å². The quantitative estimate of drug-likeness (QED) is 0.258. The summed E-state index contributed by atoms with van der Waals surface area (Å²) in [7, 11) is 0. The first kappa shape index (κ1) is 33.0. The highest BCUT2D eigenvalue weighted by molar-refractivity contribution is 6.38. The van der Waals surface area contributed by atoms with Crippen molar-refractivity contribution < 1.29 is 28.8 Å². The normalized spacial score (nSPS) is 15.0. The zero-order valence-corrected chi connectivity index (χ0v) is 24.9. The minimum absolute atomic E-state index is 0.184. The van der Waals surface area contributed by atoms with Crippen LogP contribution in [0.1, 0.15) is 56.0 Å². The number of likely N-dealkylation sites (tertiary alicyclic amines) is 1. The number of carbonyl (C=O) groups excluding carboxylic acids is 6. The monoisotopic (exact) mass is 591 g/mol. The van der Waals surface area contributed by atoms with Gasteiger partial charge in [0, 0.05) is 25.1 Å². The lowest BCUT2D eigenvalue weighted by Crippen LogP contribution is -2.57. The van der Waals surface area contributed by atoms with Crippen LogP contribution in [0.15, 0.2) is 60.7 Å². The van der Waals surface area contributed by atoms with E-state index in [1.54, 1.807) is 49.1 Å². The van der Waals surface area contributed by atoms with Crippen LogP contribution in [-0.2, 0) is 30.4 Å². The minimum atomic E-state index is -1.17. The third-order valence-corrected chi connectivity index (χ3v) is 7.27. The lowest BCUT2D eigenvalue weighted by molar-refractivity contribution is -0.142. The molecule has 1 fully saturated rings. The zero-order chi connectivity index (χ0) is 31.4. The number of nitrogens with one attached hydrogen (secondary N) is 4. The highest BCUT2D eigenvalue weighted by Gasteiger charge is 2.32. The molecule has 5 amide bonds. The Hall–Kier alpha value is -4.54. The average Bonchev–Trinajstić information content (AvgIpc) is 3.02. The summed E-state index contributed by atoms with van der Waals surface area (Å²) < 4.78 is 0. The van der Waals surface area contributed by atoms with Crippen LogP contribution in [0, 0.1) is 5.92 Å². The number of rotatable bonds is 13. The Morgan fingerprint density at radius 2 is 1.35 bits per heavy atom. The fourth-order valence-electron chi connectivity index (χ4n) is 4.72. The summed E-state index contributed by atoms with van der Waals surface area (Å²) in [5.41, 5.74) is 1.19. The van der Waals surface area contributed by atoms with E-state index in [2.05, 4.69) is 21.3 Å². The van der Waals surface area contributed by atoms with Crippen LogP contribution in [0.4, 0.5) is 0 Å². The standard InChI is InChI=1S/C32H41N5O6/c1-21(2)27(28(39)32(43)33-20-26(38)37-17-11-6-12-18-37)36-29(40)22(3)34-31(42)25(19-23-13-7-4-8-14-23)35-30(41)24-15-9-5-10-16-24/h4-5,7-10,13-16,21-22,25,27H,6,11-12,17-20H2,1-3H3,(H,33,43)(H,34,42)(H,35,41)(H,36,40)/t22?,25-,27-/m0/s1.